The number of nitrogens with zero attached hydrogens (tertiary/aromatic N) is 1. The Kier molecular flexibility index (Phi) is 8.64. The van der Waals surface area contributed by atoms with Crippen molar-refractivity contribution in [2.75, 3.05) is 33.8 Å². The van der Waals surface area contributed by atoms with Gasteiger partial charge in [-0.1, -0.05) is 29.3 Å². The van der Waals surface area contributed by atoms with E-state index in [4.69, 9.17) is 32.7 Å². The quantitative estimate of drug-likeness (QED) is 0.568. The summed E-state index contributed by atoms with van der Waals surface area (Å²) >= 11 is 12.5. The zero-order valence-corrected chi connectivity index (χ0v) is 17.3. The molecule has 0 fully saturated rings. The number of rotatable bonds is 10. The molecule has 0 saturated carbocycles. The van der Waals surface area contributed by atoms with Crippen LogP contribution in [0.25, 0.3) is 0 Å². The van der Waals surface area contributed by atoms with Crippen molar-refractivity contribution in [1.29, 1.82) is 0 Å². The van der Waals surface area contributed by atoms with Crippen LogP contribution in [0.5, 0.6) is 11.5 Å². The van der Waals surface area contributed by atoms with Crippen molar-refractivity contribution in [3.63, 3.8) is 0 Å². The molecule has 2 rings (SSSR count). The van der Waals surface area contributed by atoms with Crippen molar-refractivity contribution in [2.24, 2.45) is 0 Å². The van der Waals surface area contributed by atoms with Crippen LogP contribution in [-0.2, 0) is 13.2 Å². The first-order chi connectivity index (χ1) is 12.9. The molecular weight excluding hydrogens is 390 g/mol. The average Bonchev–Trinajstić information content (AvgIpc) is 2.60. The van der Waals surface area contributed by atoms with E-state index in [1.54, 1.807) is 12.1 Å². The van der Waals surface area contributed by atoms with Crippen LogP contribution in [0.4, 0.5) is 4.39 Å². The number of hydrogen-bond acceptors (Lipinski definition) is 4. The van der Waals surface area contributed by atoms with Crippen molar-refractivity contribution in [2.45, 2.75) is 20.1 Å². The summed E-state index contributed by atoms with van der Waals surface area (Å²) in [5, 5.41) is 4.27. The molecule has 0 aliphatic carbocycles. The Morgan fingerprint density at radius 1 is 1.00 bits per heavy atom. The van der Waals surface area contributed by atoms with E-state index in [-0.39, 0.29) is 12.4 Å². The fourth-order valence-corrected chi connectivity index (χ4v) is 2.86. The Bertz CT molecular complexity index is 757. The number of likely N-dealkylation sites (N-methyl/N-ethyl adjacent to an activating group) is 1. The number of nitrogens with one attached hydrogen (secondary N) is 1. The summed E-state index contributed by atoms with van der Waals surface area (Å²) in [4.78, 5) is 2.11. The van der Waals surface area contributed by atoms with Crippen LogP contribution >= 0.6 is 23.2 Å². The lowest BCUT2D eigenvalue weighted by Crippen LogP contribution is -2.26. The maximum atomic E-state index is 13.2. The van der Waals surface area contributed by atoms with Crippen LogP contribution in [0.3, 0.4) is 0 Å². The normalized spacial score (nSPS) is 11.1. The smallest absolute Gasteiger partial charge is 0.163 e. The number of benzene rings is 2. The molecule has 0 aliphatic rings. The van der Waals surface area contributed by atoms with E-state index in [2.05, 4.69) is 10.2 Å². The van der Waals surface area contributed by atoms with Crippen molar-refractivity contribution in [3.05, 3.63) is 57.3 Å². The van der Waals surface area contributed by atoms with Gasteiger partial charge in [0.05, 0.1) is 11.6 Å². The lowest BCUT2D eigenvalue weighted by atomic mass is 10.2. The van der Waals surface area contributed by atoms with E-state index in [0.717, 1.165) is 18.7 Å². The topological polar surface area (TPSA) is 33.7 Å². The second-order valence-electron chi connectivity index (χ2n) is 6.33. The van der Waals surface area contributed by atoms with Gasteiger partial charge < -0.3 is 19.7 Å². The van der Waals surface area contributed by atoms with Gasteiger partial charge in [-0.05, 0) is 44.8 Å². The van der Waals surface area contributed by atoms with E-state index in [0.29, 0.717) is 40.3 Å². The van der Waals surface area contributed by atoms with Gasteiger partial charge in [-0.2, -0.15) is 0 Å². The van der Waals surface area contributed by atoms with Crippen LogP contribution in [0.15, 0.2) is 30.3 Å². The molecule has 1 N–H and O–H groups in total. The molecule has 0 heterocycles. The summed E-state index contributed by atoms with van der Waals surface area (Å²) in [7, 11) is 4.06. The maximum Gasteiger partial charge on any atom is 0.163 e. The summed E-state index contributed by atoms with van der Waals surface area (Å²) in [5.74, 6) is 0.761. The van der Waals surface area contributed by atoms with E-state index in [9.17, 15) is 4.39 Å². The second-order valence-corrected chi connectivity index (χ2v) is 7.14. The predicted octanol–water partition coefficient (Wildman–Crippen LogP) is 4.76. The third-order valence-electron chi connectivity index (χ3n) is 3.86. The standard InChI is InChI=1S/C20H25Cl2FN2O2/c1-4-26-19-9-15(12-24-7-8-25(2)3)18(22)11-20(19)27-13-14-5-6-16(23)10-17(14)21/h5-6,9-11,24H,4,7-8,12-13H2,1-3H3. The van der Waals surface area contributed by atoms with Gasteiger partial charge in [0.25, 0.3) is 0 Å². The summed E-state index contributed by atoms with van der Waals surface area (Å²) < 4.78 is 24.7. The van der Waals surface area contributed by atoms with Crippen molar-refractivity contribution in [3.8, 4) is 11.5 Å². The molecule has 148 valence electrons. The fourth-order valence-electron chi connectivity index (χ4n) is 2.41. The molecule has 2 aromatic carbocycles. The van der Waals surface area contributed by atoms with E-state index >= 15 is 0 Å². The van der Waals surface area contributed by atoms with E-state index in [1.807, 2.05) is 27.1 Å². The molecule has 0 aliphatic heterocycles. The summed E-state index contributed by atoms with van der Waals surface area (Å²) in [6, 6.07) is 7.84. The number of halogens is 3. The first-order valence-electron chi connectivity index (χ1n) is 8.78. The lowest BCUT2D eigenvalue weighted by molar-refractivity contribution is 0.269. The average molecular weight is 415 g/mol. The third-order valence-corrected chi connectivity index (χ3v) is 4.57. The van der Waals surface area contributed by atoms with Crippen molar-refractivity contribution < 1.29 is 13.9 Å². The molecule has 0 unspecified atom stereocenters. The molecule has 27 heavy (non-hydrogen) atoms. The van der Waals surface area contributed by atoms with Crippen molar-refractivity contribution >= 4 is 23.2 Å². The van der Waals surface area contributed by atoms with Gasteiger partial charge in [0, 0.05) is 36.3 Å². The molecule has 4 nitrogen and oxygen atoms in total. The van der Waals surface area contributed by atoms with Crippen LogP contribution < -0.4 is 14.8 Å². The van der Waals surface area contributed by atoms with Gasteiger partial charge in [0.15, 0.2) is 11.5 Å². The molecule has 7 heteroatoms. The van der Waals surface area contributed by atoms with Gasteiger partial charge in [0.1, 0.15) is 12.4 Å². The van der Waals surface area contributed by atoms with Gasteiger partial charge >= 0.3 is 0 Å². The predicted molar refractivity (Wildman–Crippen MR) is 109 cm³/mol. The minimum atomic E-state index is -0.382. The highest BCUT2D eigenvalue weighted by Gasteiger charge is 2.12. The zero-order valence-electron chi connectivity index (χ0n) is 15.8. The molecule has 2 aromatic rings. The molecule has 0 aromatic heterocycles. The minimum absolute atomic E-state index is 0.190. The van der Waals surface area contributed by atoms with Crippen LogP contribution in [0.1, 0.15) is 18.1 Å². The molecular formula is C20H25Cl2FN2O2. The van der Waals surface area contributed by atoms with Crippen LogP contribution in [0, 0.1) is 5.82 Å². The summed E-state index contributed by atoms with van der Waals surface area (Å²) in [6.45, 7) is 5.03. The molecule has 0 amide bonds. The number of ether oxygens (including phenoxy) is 2. The van der Waals surface area contributed by atoms with E-state index < -0.39 is 0 Å². The summed E-state index contributed by atoms with van der Waals surface area (Å²) in [5.41, 5.74) is 1.62. The SMILES string of the molecule is CCOc1cc(CNCCN(C)C)c(Cl)cc1OCc1ccc(F)cc1Cl. The Morgan fingerprint density at radius 2 is 1.70 bits per heavy atom. The lowest BCUT2D eigenvalue weighted by Gasteiger charge is -2.16. The Morgan fingerprint density at radius 3 is 2.37 bits per heavy atom. The van der Waals surface area contributed by atoms with Crippen LogP contribution in [-0.4, -0.2) is 38.7 Å². The molecule has 0 bridgehead atoms. The van der Waals surface area contributed by atoms with Gasteiger partial charge in [-0.15, -0.1) is 0 Å². The first kappa shape index (κ1) is 21.8. The van der Waals surface area contributed by atoms with E-state index in [1.165, 1.54) is 12.1 Å². The largest absolute Gasteiger partial charge is 0.490 e. The highest BCUT2D eigenvalue weighted by Crippen LogP contribution is 2.34. The molecule has 0 saturated heterocycles. The first-order valence-corrected chi connectivity index (χ1v) is 9.53. The highest BCUT2D eigenvalue weighted by molar-refractivity contribution is 6.31. The Hall–Kier alpha value is -1.53. The molecule has 0 radical (unpaired) electrons. The van der Waals surface area contributed by atoms with Gasteiger partial charge in [-0.25, -0.2) is 4.39 Å². The second kappa shape index (κ2) is 10.7. The monoisotopic (exact) mass is 414 g/mol. The molecule has 0 atom stereocenters. The highest BCUT2D eigenvalue weighted by atomic mass is 35.5. The molecule has 0 spiro atoms. The van der Waals surface area contributed by atoms with Gasteiger partial charge in [0.2, 0.25) is 0 Å². The zero-order chi connectivity index (χ0) is 19.8. The Balaban J connectivity index is 2.09. The summed E-state index contributed by atoms with van der Waals surface area (Å²) in [6.07, 6.45) is 0. The maximum absolute atomic E-state index is 13.2. The fraction of sp³-hybridized carbons (Fsp3) is 0.400. The van der Waals surface area contributed by atoms with Gasteiger partial charge in [-0.3, -0.25) is 0 Å². The van der Waals surface area contributed by atoms with Crippen molar-refractivity contribution in [1.82, 2.24) is 10.2 Å². The minimum Gasteiger partial charge on any atom is -0.490 e. The third kappa shape index (κ3) is 6.85. The Labute approximate surface area is 170 Å². The van der Waals surface area contributed by atoms with Crippen LogP contribution in [0.2, 0.25) is 10.0 Å². The number of hydrogen-bond donors (Lipinski definition) is 1.